The van der Waals surface area contributed by atoms with E-state index >= 15 is 0 Å². The number of methoxy groups -OCH3 is 1. The molecule has 0 radical (unpaired) electrons. The topological polar surface area (TPSA) is 56.1 Å². The molecule has 0 aliphatic heterocycles. The Morgan fingerprint density at radius 1 is 1.06 bits per heavy atom. The standard InChI is InChI=1S/C26H21N3O2S/c1-17-14-29(16-27-17)23-12-11-20(13-24(23)31-2)28-26(30)19-9-7-18(8-10-19)22-15-32-25-6-4-3-5-21(22)25/h3-16H,1-2H3,(H,28,30). The average Bonchev–Trinajstić information content (AvgIpc) is 3.45. The van der Waals surface area contributed by atoms with Gasteiger partial charge in [0, 0.05) is 39.2 Å². The second-order valence-corrected chi connectivity index (χ2v) is 8.40. The van der Waals surface area contributed by atoms with Gasteiger partial charge in [-0.3, -0.25) is 4.79 Å². The molecule has 1 N–H and O–H groups in total. The van der Waals surface area contributed by atoms with Crippen LogP contribution in [0.3, 0.4) is 0 Å². The van der Waals surface area contributed by atoms with E-state index in [4.69, 9.17) is 4.74 Å². The lowest BCUT2D eigenvalue weighted by Crippen LogP contribution is -2.12. The van der Waals surface area contributed by atoms with E-state index in [1.807, 2.05) is 72.3 Å². The van der Waals surface area contributed by atoms with Crippen LogP contribution in [0, 0.1) is 6.92 Å². The van der Waals surface area contributed by atoms with E-state index in [1.165, 1.54) is 15.6 Å². The molecule has 32 heavy (non-hydrogen) atoms. The Labute approximate surface area is 189 Å². The number of nitrogens with zero attached hydrogens (tertiary/aromatic N) is 2. The molecular weight excluding hydrogens is 418 g/mol. The Hall–Kier alpha value is -3.90. The molecule has 0 aliphatic rings. The minimum Gasteiger partial charge on any atom is -0.494 e. The van der Waals surface area contributed by atoms with Crippen LogP contribution < -0.4 is 10.1 Å². The second kappa shape index (κ2) is 8.32. The number of nitrogens with one attached hydrogen (secondary N) is 1. The first-order valence-corrected chi connectivity index (χ1v) is 11.1. The summed E-state index contributed by atoms with van der Waals surface area (Å²) in [5.41, 5.74) is 5.33. The van der Waals surface area contributed by atoms with E-state index in [0.717, 1.165) is 16.9 Å². The summed E-state index contributed by atoms with van der Waals surface area (Å²) in [5.74, 6) is 0.486. The van der Waals surface area contributed by atoms with Gasteiger partial charge in [0.2, 0.25) is 0 Å². The first-order chi connectivity index (χ1) is 15.6. The third-order valence-corrected chi connectivity index (χ3v) is 6.33. The Bertz CT molecular complexity index is 1420. The summed E-state index contributed by atoms with van der Waals surface area (Å²) >= 11 is 1.73. The number of benzene rings is 3. The number of hydrogen-bond acceptors (Lipinski definition) is 4. The van der Waals surface area contributed by atoms with Crippen LogP contribution in [0.1, 0.15) is 16.1 Å². The van der Waals surface area contributed by atoms with Crippen molar-refractivity contribution >= 4 is 33.0 Å². The van der Waals surface area contributed by atoms with Crippen molar-refractivity contribution in [1.82, 2.24) is 9.55 Å². The minimum atomic E-state index is -0.167. The SMILES string of the molecule is COc1cc(NC(=O)c2ccc(-c3csc4ccccc34)cc2)ccc1-n1cnc(C)c1. The number of amides is 1. The van der Waals surface area contributed by atoms with Crippen molar-refractivity contribution in [3.8, 4) is 22.6 Å². The van der Waals surface area contributed by atoms with Crippen LogP contribution >= 0.6 is 11.3 Å². The van der Waals surface area contributed by atoms with Crippen molar-refractivity contribution in [3.63, 3.8) is 0 Å². The number of aromatic nitrogens is 2. The van der Waals surface area contributed by atoms with Crippen molar-refractivity contribution in [3.05, 3.63) is 95.9 Å². The minimum absolute atomic E-state index is 0.167. The number of imidazole rings is 1. The predicted octanol–water partition coefficient (Wildman–Crippen LogP) is 6.32. The van der Waals surface area contributed by atoms with Gasteiger partial charge in [0.05, 0.1) is 24.8 Å². The van der Waals surface area contributed by atoms with Gasteiger partial charge >= 0.3 is 0 Å². The smallest absolute Gasteiger partial charge is 0.255 e. The van der Waals surface area contributed by atoms with E-state index in [9.17, 15) is 4.79 Å². The predicted molar refractivity (Wildman–Crippen MR) is 130 cm³/mol. The Morgan fingerprint density at radius 3 is 2.62 bits per heavy atom. The monoisotopic (exact) mass is 439 g/mol. The highest BCUT2D eigenvalue weighted by Gasteiger charge is 2.12. The number of ether oxygens (including phenoxy) is 1. The molecule has 5 aromatic rings. The summed E-state index contributed by atoms with van der Waals surface area (Å²) in [6, 6.07) is 21.6. The Balaban J connectivity index is 1.36. The normalized spacial score (nSPS) is 10.9. The van der Waals surface area contributed by atoms with Crippen molar-refractivity contribution in [1.29, 1.82) is 0 Å². The molecule has 0 saturated heterocycles. The van der Waals surface area contributed by atoms with Gasteiger partial charge in [0.1, 0.15) is 5.75 Å². The zero-order valence-electron chi connectivity index (χ0n) is 17.7. The highest BCUT2D eigenvalue weighted by Crippen LogP contribution is 2.34. The van der Waals surface area contributed by atoms with E-state index in [0.29, 0.717) is 17.0 Å². The zero-order chi connectivity index (χ0) is 22.1. The first kappa shape index (κ1) is 20.0. The quantitative estimate of drug-likeness (QED) is 0.348. The summed E-state index contributed by atoms with van der Waals surface area (Å²) in [6.45, 7) is 1.93. The van der Waals surface area contributed by atoms with Crippen molar-refractivity contribution < 1.29 is 9.53 Å². The van der Waals surface area contributed by atoms with Gasteiger partial charge in [0.15, 0.2) is 0 Å². The maximum absolute atomic E-state index is 12.8. The molecule has 5 rings (SSSR count). The first-order valence-electron chi connectivity index (χ1n) is 10.2. The number of anilines is 1. The molecule has 0 saturated carbocycles. The van der Waals surface area contributed by atoms with Gasteiger partial charge < -0.3 is 14.6 Å². The molecule has 158 valence electrons. The fourth-order valence-electron chi connectivity index (χ4n) is 3.73. The van der Waals surface area contributed by atoms with E-state index in [-0.39, 0.29) is 5.91 Å². The largest absolute Gasteiger partial charge is 0.494 e. The molecule has 2 heterocycles. The summed E-state index contributed by atoms with van der Waals surface area (Å²) in [6.07, 6.45) is 3.66. The molecule has 3 aromatic carbocycles. The number of rotatable bonds is 5. The molecular formula is C26H21N3O2S. The maximum atomic E-state index is 12.8. The number of carbonyl (C=O) groups is 1. The van der Waals surface area contributed by atoms with Crippen molar-refractivity contribution in [2.75, 3.05) is 12.4 Å². The number of aryl methyl sites for hydroxylation is 1. The molecule has 0 aliphatic carbocycles. The third kappa shape index (κ3) is 3.76. The van der Waals surface area contributed by atoms with Crippen molar-refractivity contribution in [2.24, 2.45) is 0 Å². The van der Waals surface area contributed by atoms with E-state index in [1.54, 1.807) is 24.8 Å². The average molecular weight is 440 g/mol. The van der Waals surface area contributed by atoms with Crippen LogP contribution in [0.4, 0.5) is 5.69 Å². The molecule has 0 spiro atoms. The fourth-order valence-corrected chi connectivity index (χ4v) is 4.70. The lowest BCUT2D eigenvalue weighted by molar-refractivity contribution is 0.102. The lowest BCUT2D eigenvalue weighted by Gasteiger charge is -2.12. The van der Waals surface area contributed by atoms with Gasteiger partial charge in [-0.25, -0.2) is 4.98 Å². The molecule has 5 nitrogen and oxygen atoms in total. The van der Waals surface area contributed by atoms with Gasteiger partial charge in [-0.1, -0.05) is 30.3 Å². The summed E-state index contributed by atoms with van der Waals surface area (Å²) in [4.78, 5) is 17.1. The molecule has 0 atom stereocenters. The fraction of sp³-hybridized carbons (Fsp3) is 0.0769. The van der Waals surface area contributed by atoms with Crippen LogP contribution in [0.25, 0.3) is 26.9 Å². The summed E-state index contributed by atoms with van der Waals surface area (Å²) in [5, 5.41) is 6.35. The number of fused-ring (bicyclic) bond motifs is 1. The molecule has 1 amide bonds. The lowest BCUT2D eigenvalue weighted by atomic mass is 10.0. The highest BCUT2D eigenvalue weighted by atomic mass is 32.1. The molecule has 6 heteroatoms. The highest BCUT2D eigenvalue weighted by molar-refractivity contribution is 7.17. The number of hydrogen-bond donors (Lipinski definition) is 1. The van der Waals surface area contributed by atoms with Gasteiger partial charge in [0.25, 0.3) is 5.91 Å². The zero-order valence-corrected chi connectivity index (χ0v) is 18.5. The number of carbonyl (C=O) groups excluding carboxylic acids is 1. The van der Waals surface area contributed by atoms with Gasteiger partial charge in [-0.2, -0.15) is 0 Å². The van der Waals surface area contributed by atoms with E-state index < -0.39 is 0 Å². The van der Waals surface area contributed by atoms with Crippen molar-refractivity contribution in [2.45, 2.75) is 6.92 Å². The molecule has 2 aromatic heterocycles. The molecule has 0 fully saturated rings. The third-order valence-electron chi connectivity index (χ3n) is 5.37. The van der Waals surface area contributed by atoms with Crippen LogP contribution in [-0.4, -0.2) is 22.6 Å². The van der Waals surface area contributed by atoms with Crippen LogP contribution in [0.2, 0.25) is 0 Å². The molecule has 0 unspecified atom stereocenters. The second-order valence-electron chi connectivity index (χ2n) is 7.49. The van der Waals surface area contributed by atoms with E-state index in [2.05, 4.69) is 27.8 Å². The summed E-state index contributed by atoms with van der Waals surface area (Å²) < 4.78 is 8.68. The Kier molecular flexibility index (Phi) is 5.21. The Morgan fingerprint density at radius 2 is 1.88 bits per heavy atom. The van der Waals surface area contributed by atoms with Crippen LogP contribution in [0.5, 0.6) is 5.75 Å². The summed E-state index contributed by atoms with van der Waals surface area (Å²) in [7, 11) is 1.61. The van der Waals surface area contributed by atoms with Crippen LogP contribution in [-0.2, 0) is 0 Å². The van der Waals surface area contributed by atoms with Gasteiger partial charge in [-0.15, -0.1) is 11.3 Å². The van der Waals surface area contributed by atoms with Gasteiger partial charge in [-0.05, 0) is 48.2 Å². The van der Waals surface area contributed by atoms with Crippen LogP contribution in [0.15, 0.2) is 84.6 Å². The molecule has 0 bridgehead atoms. The number of thiophene rings is 1. The maximum Gasteiger partial charge on any atom is 0.255 e.